The van der Waals surface area contributed by atoms with Crippen molar-refractivity contribution in [3.05, 3.63) is 51.7 Å². The molecule has 0 radical (unpaired) electrons. The van der Waals surface area contributed by atoms with Crippen LogP contribution in [0.25, 0.3) is 0 Å². The van der Waals surface area contributed by atoms with Gasteiger partial charge in [-0.05, 0) is 52.2 Å². The number of fused-ring (bicyclic) bond motifs is 1. The summed E-state index contributed by atoms with van der Waals surface area (Å²) in [4.78, 5) is 0.295. The van der Waals surface area contributed by atoms with Gasteiger partial charge in [-0.3, -0.25) is 0 Å². The standard InChI is InChI=1S/C15H9BrFNO3S/c16-15-12-3-4-22(19,20)14(12)2-1-13(15)21-11-6-9(8-18)5-10(17)7-11/h1-2,5-7H,3-4H2. The fourth-order valence-electron chi connectivity index (χ4n) is 2.34. The minimum atomic E-state index is -3.22. The molecule has 1 aliphatic heterocycles. The largest absolute Gasteiger partial charge is 0.456 e. The summed E-state index contributed by atoms with van der Waals surface area (Å²) in [5.41, 5.74) is 0.810. The number of hydrogen-bond acceptors (Lipinski definition) is 4. The first-order chi connectivity index (χ1) is 10.4. The Labute approximate surface area is 135 Å². The summed E-state index contributed by atoms with van der Waals surface area (Å²) in [6, 6.07) is 8.54. The van der Waals surface area contributed by atoms with Gasteiger partial charge in [-0.25, -0.2) is 12.8 Å². The summed E-state index contributed by atoms with van der Waals surface area (Å²) < 4.78 is 43.3. The molecule has 1 aliphatic rings. The van der Waals surface area contributed by atoms with E-state index < -0.39 is 15.7 Å². The lowest BCUT2D eigenvalue weighted by molar-refractivity contribution is 0.472. The zero-order valence-corrected chi connectivity index (χ0v) is 13.5. The molecular formula is C15H9BrFNO3S. The van der Waals surface area contributed by atoms with E-state index in [4.69, 9.17) is 10.00 Å². The fraction of sp³-hybridized carbons (Fsp3) is 0.133. The summed E-state index contributed by atoms with van der Waals surface area (Å²) in [7, 11) is -3.22. The first-order valence-electron chi connectivity index (χ1n) is 6.33. The predicted octanol–water partition coefficient (Wildman–Crippen LogP) is 3.58. The van der Waals surface area contributed by atoms with E-state index in [1.54, 1.807) is 0 Å². The Bertz CT molecular complexity index is 919. The van der Waals surface area contributed by atoms with Gasteiger partial charge in [0.2, 0.25) is 0 Å². The van der Waals surface area contributed by atoms with Gasteiger partial charge in [0.1, 0.15) is 17.3 Å². The third-order valence-corrected chi connectivity index (χ3v) is 6.01. The van der Waals surface area contributed by atoms with Crippen LogP contribution in [-0.2, 0) is 16.3 Å². The van der Waals surface area contributed by atoms with E-state index in [1.165, 1.54) is 18.2 Å². The molecular weight excluding hydrogens is 373 g/mol. The molecule has 0 atom stereocenters. The summed E-state index contributed by atoms with van der Waals surface area (Å²) in [5, 5.41) is 8.84. The van der Waals surface area contributed by atoms with Crippen molar-refractivity contribution in [2.45, 2.75) is 11.3 Å². The maximum absolute atomic E-state index is 13.4. The Hall–Kier alpha value is -1.91. The zero-order valence-electron chi connectivity index (χ0n) is 11.1. The van der Waals surface area contributed by atoms with Crippen LogP contribution in [0.2, 0.25) is 0 Å². The van der Waals surface area contributed by atoms with Gasteiger partial charge in [-0.2, -0.15) is 5.26 Å². The second-order valence-electron chi connectivity index (χ2n) is 4.81. The van der Waals surface area contributed by atoms with E-state index in [-0.39, 0.29) is 17.1 Å². The summed E-state index contributed by atoms with van der Waals surface area (Å²) in [6.45, 7) is 0. The number of sulfone groups is 1. The van der Waals surface area contributed by atoms with Crippen LogP contribution < -0.4 is 4.74 Å². The second kappa shape index (κ2) is 5.38. The van der Waals surface area contributed by atoms with E-state index >= 15 is 0 Å². The Morgan fingerprint density at radius 3 is 2.77 bits per heavy atom. The van der Waals surface area contributed by atoms with Gasteiger partial charge in [0, 0.05) is 6.07 Å². The van der Waals surface area contributed by atoms with Gasteiger partial charge in [-0.15, -0.1) is 0 Å². The van der Waals surface area contributed by atoms with E-state index in [9.17, 15) is 12.8 Å². The third kappa shape index (κ3) is 2.60. The monoisotopic (exact) mass is 381 g/mol. The summed E-state index contributed by atoms with van der Waals surface area (Å²) in [6.07, 6.45) is 0.405. The average molecular weight is 382 g/mol. The van der Waals surface area contributed by atoms with Gasteiger partial charge >= 0.3 is 0 Å². The number of rotatable bonds is 2. The van der Waals surface area contributed by atoms with Gasteiger partial charge in [-0.1, -0.05) is 0 Å². The molecule has 22 heavy (non-hydrogen) atoms. The van der Waals surface area contributed by atoms with Crippen molar-refractivity contribution in [2.24, 2.45) is 0 Å². The highest BCUT2D eigenvalue weighted by molar-refractivity contribution is 9.10. The number of halogens is 2. The van der Waals surface area contributed by atoms with Gasteiger partial charge in [0.15, 0.2) is 9.84 Å². The molecule has 2 aromatic rings. The smallest absolute Gasteiger partial charge is 0.179 e. The lowest BCUT2D eigenvalue weighted by atomic mass is 10.1. The summed E-state index contributed by atoms with van der Waals surface area (Å²) in [5.74, 6) is 0.0560. The second-order valence-corrected chi connectivity index (χ2v) is 7.68. The van der Waals surface area contributed by atoms with Crippen LogP contribution in [0.3, 0.4) is 0 Å². The normalized spacial score (nSPS) is 15.1. The topological polar surface area (TPSA) is 67.2 Å². The molecule has 0 N–H and O–H groups in total. The van der Waals surface area contributed by atoms with Crippen LogP contribution in [0, 0.1) is 17.1 Å². The molecule has 0 aliphatic carbocycles. The van der Waals surface area contributed by atoms with Gasteiger partial charge in [0.05, 0.1) is 26.8 Å². The van der Waals surface area contributed by atoms with Crippen molar-refractivity contribution >= 4 is 25.8 Å². The van der Waals surface area contributed by atoms with Crippen LogP contribution in [0.5, 0.6) is 11.5 Å². The lowest BCUT2D eigenvalue weighted by Gasteiger charge is -2.11. The number of nitrogens with zero attached hydrogens (tertiary/aromatic N) is 1. The molecule has 112 valence electrons. The molecule has 2 aromatic carbocycles. The molecule has 1 heterocycles. The molecule has 0 unspecified atom stereocenters. The molecule has 0 amide bonds. The number of benzene rings is 2. The van der Waals surface area contributed by atoms with E-state index in [0.717, 1.165) is 12.1 Å². The predicted molar refractivity (Wildman–Crippen MR) is 81.1 cm³/mol. The quantitative estimate of drug-likeness (QED) is 0.796. The van der Waals surface area contributed by atoms with Crippen LogP contribution in [-0.4, -0.2) is 14.2 Å². The van der Waals surface area contributed by atoms with Crippen LogP contribution in [0.1, 0.15) is 11.1 Å². The molecule has 3 rings (SSSR count). The van der Waals surface area contributed by atoms with E-state index in [1.807, 2.05) is 6.07 Å². The van der Waals surface area contributed by atoms with Crippen LogP contribution in [0.4, 0.5) is 4.39 Å². The van der Waals surface area contributed by atoms with Crippen molar-refractivity contribution in [3.63, 3.8) is 0 Å². The average Bonchev–Trinajstić information content (AvgIpc) is 2.77. The summed E-state index contributed by atoms with van der Waals surface area (Å²) >= 11 is 3.35. The molecule has 4 nitrogen and oxygen atoms in total. The Morgan fingerprint density at radius 1 is 1.27 bits per heavy atom. The molecule has 7 heteroatoms. The van der Waals surface area contributed by atoms with Crippen LogP contribution >= 0.6 is 15.9 Å². The maximum atomic E-state index is 13.4. The first kappa shape index (κ1) is 15.0. The first-order valence-corrected chi connectivity index (χ1v) is 8.78. The zero-order chi connectivity index (χ0) is 15.9. The number of nitriles is 1. The minimum Gasteiger partial charge on any atom is -0.456 e. The Balaban J connectivity index is 2.02. The molecule has 0 fully saturated rings. The number of hydrogen-bond donors (Lipinski definition) is 0. The Kier molecular flexibility index (Phi) is 3.67. The SMILES string of the molecule is N#Cc1cc(F)cc(Oc2ccc3c(c2Br)CCS3(=O)=O)c1. The van der Waals surface area contributed by atoms with E-state index in [0.29, 0.717) is 27.1 Å². The highest BCUT2D eigenvalue weighted by Gasteiger charge is 2.29. The number of ether oxygens (including phenoxy) is 1. The molecule has 0 aromatic heterocycles. The van der Waals surface area contributed by atoms with Crippen molar-refractivity contribution in [1.29, 1.82) is 5.26 Å². The lowest BCUT2D eigenvalue weighted by Crippen LogP contribution is -1.98. The maximum Gasteiger partial charge on any atom is 0.179 e. The molecule has 0 spiro atoms. The van der Waals surface area contributed by atoms with Gasteiger partial charge in [0.25, 0.3) is 0 Å². The fourth-order valence-corrected chi connectivity index (χ4v) is 4.65. The Morgan fingerprint density at radius 2 is 2.05 bits per heavy atom. The van der Waals surface area contributed by atoms with Crippen molar-refractivity contribution in [3.8, 4) is 17.6 Å². The highest BCUT2D eigenvalue weighted by Crippen LogP contribution is 2.39. The molecule has 0 bridgehead atoms. The molecule has 0 saturated carbocycles. The van der Waals surface area contributed by atoms with Crippen molar-refractivity contribution < 1.29 is 17.5 Å². The highest BCUT2D eigenvalue weighted by atomic mass is 79.9. The van der Waals surface area contributed by atoms with Gasteiger partial charge < -0.3 is 4.74 Å². The molecule has 0 saturated heterocycles. The van der Waals surface area contributed by atoms with Crippen molar-refractivity contribution in [1.82, 2.24) is 0 Å². The van der Waals surface area contributed by atoms with E-state index in [2.05, 4.69) is 15.9 Å². The third-order valence-electron chi connectivity index (χ3n) is 3.35. The van der Waals surface area contributed by atoms with Crippen molar-refractivity contribution in [2.75, 3.05) is 5.75 Å². The minimum absolute atomic E-state index is 0.0724. The van der Waals surface area contributed by atoms with Crippen LogP contribution in [0.15, 0.2) is 39.7 Å².